The molecule has 3 N–H and O–H groups in total. The van der Waals surface area contributed by atoms with Crippen molar-refractivity contribution in [3.8, 4) is 0 Å². The molecule has 1 aliphatic heterocycles. The van der Waals surface area contributed by atoms with Gasteiger partial charge in [-0.15, -0.1) is 0 Å². The van der Waals surface area contributed by atoms with E-state index in [1.165, 1.54) is 11.0 Å². The second kappa shape index (κ2) is 6.31. The van der Waals surface area contributed by atoms with Crippen LogP contribution in [0.4, 0.5) is 15.8 Å². The molecule has 0 aromatic heterocycles. The molecular formula is C18H18FN3O2. The summed E-state index contributed by atoms with van der Waals surface area (Å²) in [5.74, 6) is -1.21. The zero-order valence-corrected chi connectivity index (χ0v) is 13.3. The van der Waals surface area contributed by atoms with Crippen molar-refractivity contribution in [3.05, 3.63) is 59.4 Å². The largest absolute Gasteiger partial charge is 0.373 e. The number of para-hydroxylation sites is 2. The van der Waals surface area contributed by atoms with Crippen LogP contribution in [-0.2, 0) is 4.79 Å². The van der Waals surface area contributed by atoms with E-state index >= 15 is 0 Å². The summed E-state index contributed by atoms with van der Waals surface area (Å²) in [4.78, 5) is 25.7. The number of rotatable bonds is 4. The number of hydrogen-bond donors (Lipinski definition) is 2. The molecule has 1 heterocycles. The van der Waals surface area contributed by atoms with E-state index in [1.807, 2.05) is 13.0 Å². The Balaban J connectivity index is 1.85. The second-order valence-electron chi connectivity index (χ2n) is 5.79. The number of nitrogens with zero attached hydrogens (tertiary/aromatic N) is 1. The summed E-state index contributed by atoms with van der Waals surface area (Å²) in [5.41, 5.74) is 7.39. The average Bonchev–Trinajstić information content (AvgIpc) is 2.90. The maximum Gasteiger partial charge on any atom is 0.250 e. The lowest BCUT2D eigenvalue weighted by Crippen LogP contribution is -2.34. The van der Waals surface area contributed by atoms with Crippen molar-refractivity contribution in [3.63, 3.8) is 0 Å². The van der Waals surface area contributed by atoms with Gasteiger partial charge in [0.25, 0.3) is 5.91 Å². The number of nitrogens with one attached hydrogen (secondary N) is 1. The van der Waals surface area contributed by atoms with E-state index in [9.17, 15) is 14.0 Å². The fourth-order valence-electron chi connectivity index (χ4n) is 2.96. The van der Waals surface area contributed by atoms with E-state index in [4.69, 9.17) is 5.73 Å². The Hall–Kier alpha value is -2.89. The summed E-state index contributed by atoms with van der Waals surface area (Å²) in [5, 5.41) is 3.11. The molecular weight excluding hydrogens is 309 g/mol. The number of nitrogens with two attached hydrogens (primary N) is 1. The van der Waals surface area contributed by atoms with Gasteiger partial charge in [0, 0.05) is 6.54 Å². The van der Waals surface area contributed by atoms with E-state index < -0.39 is 17.8 Å². The molecule has 6 heteroatoms. The first-order chi connectivity index (χ1) is 11.5. The highest BCUT2D eigenvalue weighted by molar-refractivity contribution is 6.03. The lowest BCUT2D eigenvalue weighted by molar-refractivity contribution is -0.117. The maximum atomic E-state index is 13.9. The minimum Gasteiger partial charge on any atom is -0.373 e. The van der Waals surface area contributed by atoms with Crippen molar-refractivity contribution in [1.29, 1.82) is 0 Å². The van der Waals surface area contributed by atoms with Gasteiger partial charge in [-0.25, -0.2) is 4.39 Å². The summed E-state index contributed by atoms with van der Waals surface area (Å²) in [6.45, 7) is 2.25. The fourth-order valence-corrected chi connectivity index (χ4v) is 2.96. The molecule has 2 amide bonds. The molecule has 0 saturated carbocycles. The predicted octanol–water partition coefficient (Wildman–Crippen LogP) is 2.45. The Morgan fingerprint density at radius 2 is 2.00 bits per heavy atom. The number of primary amides is 1. The van der Waals surface area contributed by atoms with Crippen molar-refractivity contribution < 1.29 is 14.0 Å². The first-order valence-corrected chi connectivity index (χ1v) is 7.71. The van der Waals surface area contributed by atoms with E-state index in [-0.39, 0.29) is 11.6 Å². The minimum absolute atomic E-state index is 0.223. The van der Waals surface area contributed by atoms with Crippen molar-refractivity contribution in [2.24, 2.45) is 5.73 Å². The molecule has 0 radical (unpaired) electrons. The van der Waals surface area contributed by atoms with Gasteiger partial charge in [-0.2, -0.15) is 0 Å². The highest BCUT2D eigenvalue weighted by atomic mass is 19.1. The fraction of sp³-hybridized carbons (Fsp3) is 0.222. The van der Waals surface area contributed by atoms with Crippen LogP contribution in [-0.4, -0.2) is 24.4 Å². The van der Waals surface area contributed by atoms with Crippen LogP contribution in [0.5, 0.6) is 0 Å². The van der Waals surface area contributed by atoms with Gasteiger partial charge < -0.3 is 16.0 Å². The molecule has 0 spiro atoms. The van der Waals surface area contributed by atoms with Crippen LogP contribution >= 0.6 is 0 Å². The number of carbonyl (C=O) groups is 2. The number of halogens is 1. The quantitative estimate of drug-likeness (QED) is 0.906. The smallest absolute Gasteiger partial charge is 0.250 e. The molecule has 24 heavy (non-hydrogen) atoms. The molecule has 0 unspecified atom stereocenters. The first kappa shape index (κ1) is 16.0. The number of benzene rings is 2. The summed E-state index contributed by atoms with van der Waals surface area (Å²) in [6.07, 6.45) is 0.514. The third-order valence-corrected chi connectivity index (χ3v) is 4.21. The van der Waals surface area contributed by atoms with Gasteiger partial charge in [-0.05, 0) is 37.1 Å². The molecule has 2 aromatic carbocycles. The SMILES string of the molecule is Cc1cccc(C(N)=O)c1N[C@@H]1CCN(c2ccccc2F)C1=O. The van der Waals surface area contributed by atoms with Crippen LogP contribution < -0.4 is 16.0 Å². The van der Waals surface area contributed by atoms with Crippen LogP contribution in [0.25, 0.3) is 0 Å². The van der Waals surface area contributed by atoms with Crippen LogP contribution in [0.3, 0.4) is 0 Å². The molecule has 0 aliphatic carbocycles. The molecule has 3 rings (SSSR count). The summed E-state index contributed by atoms with van der Waals surface area (Å²) in [6, 6.07) is 10.9. The molecule has 1 aliphatic rings. The molecule has 1 saturated heterocycles. The van der Waals surface area contributed by atoms with Crippen LogP contribution in [0.1, 0.15) is 22.3 Å². The van der Waals surface area contributed by atoms with Gasteiger partial charge in [0.2, 0.25) is 5.91 Å². The minimum atomic E-state index is -0.558. The number of amides is 2. The normalized spacial score (nSPS) is 17.2. The van der Waals surface area contributed by atoms with Crippen molar-refractivity contribution >= 4 is 23.2 Å². The van der Waals surface area contributed by atoms with Gasteiger partial charge >= 0.3 is 0 Å². The monoisotopic (exact) mass is 327 g/mol. The standard InChI is InChI=1S/C18H18FN3O2/c1-11-5-4-6-12(17(20)23)16(11)21-14-9-10-22(18(14)24)15-8-3-2-7-13(15)19/h2-8,14,21H,9-10H2,1H3,(H2,20,23)/t14-/m1/s1. The third-order valence-electron chi connectivity index (χ3n) is 4.21. The van der Waals surface area contributed by atoms with Gasteiger partial charge in [-0.1, -0.05) is 24.3 Å². The van der Waals surface area contributed by atoms with Gasteiger partial charge in [-0.3, -0.25) is 9.59 Å². The Morgan fingerprint density at radius 1 is 1.25 bits per heavy atom. The molecule has 1 atom stereocenters. The zero-order valence-electron chi connectivity index (χ0n) is 13.3. The van der Waals surface area contributed by atoms with Crippen LogP contribution in [0.15, 0.2) is 42.5 Å². The van der Waals surface area contributed by atoms with E-state index in [0.29, 0.717) is 24.2 Å². The lowest BCUT2D eigenvalue weighted by atomic mass is 10.1. The van der Waals surface area contributed by atoms with Gasteiger partial charge in [0.15, 0.2) is 0 Å². The number of hydrogen-bond acceptors (Lipinski definition) is 3. The number of carbonyl (C=O) groups excluding carboxylic acids is 2. The van der Waals surface area contributed by atoms with Gasteiger partial charge in [0.1, 0.15) is 11.9 Å². The van der Waals surface area contributed by atoms with E-state index in [2.05, 4.69) is 5.32 Å². The van der Waals surface area contributed by atoms with Crippen molar-refractivity contribution in [2.75, 3.05) is 16.8 Å². The number of anilines is 2. The van der Waals surface area contributed by atoms with Crippen LogP contribution in [0, 0.1) is 12.7 Å². The van der Waals surface area contributed by atoms with Crippen LogP contribution in [0.2, 0.25) is 0 Å². The molecule has 124 valence electrons. The van der Waals surface area contributed by atoms with Crippen molar-refractivity contribution in [1.82, 2.24) is 0 Å². The average molecular weight is 327 g/mol. The topological polar surface area (TPSA) is 75.4 Å². The Kier molecular flexibility index (Phi) is 4.20. The Labute approximate surface area is 139 Å². The molecule has 2 aromatic rings. The van der Waals surface area contributed by atoms with Crippen molar-refractivity contribution in [2.45, 2.75) is 19.4 Å². The second-order valence-corrected chi connectivity index (χ2v) is 5.79. The first-order valence-electron chi connectivity index (χ1n) is 7.71. The van der Waals surface area contributed by atoms with E-state index in [1.54, 1.807) is 30.3 Å². The lowest BCUT2D eigenvalue weighted by Gasteiger charge is -2.20. The summed E-state index contributed by atoms with van der Waals surface area (Å²) in [7, 11) is 0. The highest BCUT2D eigenvalue weighted by Crippen LogP contribution is 2.28. The Bertz CT molecular complexity index is 807. The Morgan fingerprint density at radius 3 is 2.71 bits per heavy atom. The predicted molar refractivity (Wildman–Crippen MR) is 90.5 cm³/mol. The molecule has 5 nitrogen and oxygen atoms in total. The number of aryl methyl sites for hydroxylation is 1. The maximum absolute atomic E-state index is 13.9. The molecule has 0 bridgehead atoms. The highest BCUT2D eigenvalue weighted by Gasteiger charge is 2.34. The van der Waals surface area contributed by atoms with E-state index in [0.717, 1.165) is 5.56 Å². The summed E-state index contributed by atoms with van der Waals surface area (Å²) >= 11 is 0. The zero-order chi connectivity index (χ0) is 17.3. The summed E-state index contributed by atoms with van der Waals surface area (Å²) < 4.78 is 13.9. The van der Waals surface area contributed by atoms with Gasteiger partial charge in [0.05, 0.1) is 16.9 Å². The molecule has 1 fully saturated rings. The third kappa shape index (κ3) is 2.82.